The van der Waals surface area contributed by atoms with Crippen LogP contribution in [0.2, 0.25) is 0 Å². The van der Waals surface area contributed by atoms with Crippen LogP contribution in [0.25, 0.3) is 0 Å². The predicted octanol–water partition coefficient (Wildman–Crippen LogP) is 6.34. The normalized spacial score (nSPS) is 11.9. The van der Waals surface area contributed by atoms with E-state index in [1.165, 1.54) is 64.2 Å². The molecule has 0 saturated heterocycles. The van der Waals surface area contributed by atoms with Gasteiger partial charge in [-0.25, -0.2) is 0 Å². The average molecular weight is 269 g/mol. The molecule has 0 aliphatic carbocycles. The van der Waals surface area contributed by atoms with Gasteiger partial charge in [0.2, 0.25) is 0 Å². The van der Waals surface area contributed by atoms with Crippen molar-refractivity contribution in [3.8, 4) is 0 Å². The molecule has 18 heavy (non-hydrogen) atoms. The molecular weight excluding hydrogens is 236 g/mol. The summed E-state index contributed by atoms with van der Waals surface area (Å²) in [5, 5.41) is 0. The lowest BCUT2D eigenvalue weighted by Gasteiger charge is -1.97. The van der Waals surface area contributed by atoms with Crippen molar-refractivity contribution in [2.24, 2.45) is 0 Å². The highest BCUT2D eigenvalue weighted by molar-refractivity contribution is 7.80. The van der Waals surface area contributed by atoms with Crippen LogP contribution in [0.3, 0.4) is 0 Å². The summed E-state index contributed by atoms with van der Waals surface area (Å²) < 4.78 is 0. The first-order valence-corrected chi connectivity index (χ1v) is 8.46. The third-order valence-electron chi connectivity index (χ3n) is 3.11. The minimum absolute atomic E-state index is 1.05. The lowest BCUT2D eigenvalue weighted by molar-refractivity contribution is 0.640. The zero-order valence-electron chi connectivity index (χ0n) is 12.2. The average Bonchev–Trinajstić information content (AvgIpc) is 2.39. The van der Waals surface area contributed by atoms with Crippen LogP contribution < -0.4 is 0 Å². The Morgan fingerprint density at radius 2 is 1.22 bits per heavy atom. The van der Waals surface area contributed by atoms with Crippen molar-refractivity contribution in [1.29, 1.82) is 0 Å². The third kappa shape index (κ3) is 15.8. The second-order valence-electron chi connectivity index (χ2n) is 4.95. The van der Waals surface area contributed by atoms with Crippen LogP contribution in [0.4, 0.5) is 0 Å². The Morgan fingerprint density at radius 1 is 0.667 bits per heavy atom. The van der Waals surface area contributed by atoms with Gasteiger partial charge in [-0.1, -0.05) is 63.3 Å². The summed E-state index contributed by atoms with van der Waals surface area (Å²) in [5.74, 6) is 1.05. The van der Waals surface area contributed by atoms with Crippen LogP contribution >= 0.6 is 12.6 Å². The van der Waals surface area contributed by atoms with Crippen molar-refractivity contribution in [3.63, 3.8) is 0 Å². The molecule has 0 nitrogen and oxygen atoms in total. The van der Waals surface area contributed by atoms with Crippen molar-refractivity contribution >= 4 is 12.6 Å². The van der Waals surface area contributed by atoms with Gasteiger partial charge in [-0.15, -0.1) is 0 Å². The van der Waals surface area contributed by atoms with E-state index in [4.69, 9.17) is 0 Å². The maximum absolute atomic E-state index is 4.22. The topological polar surface area (TPSA) is 0 Å². The quantitative estimate of drug-likeness (QED) is 0.225. The number of hydrogen-bond donors (Lipinski definition) is 1. The van der Waals surface area contributed by atoms with Crippen LogP contribution in [-0.2, 0) is 0 Å². The van der Waals surface area contributed by atoms with Gasteiger partial charge >= 0.3 is 0 Å². The number of unbranched alkanes of at least 4 members (excludes halogenated alkanes) is 8. The molecule has 0 aromatic heterocycles. The van der Waals surface area contributed by atoms with E-state index in [0.29, 0.717) is 0 Å². The van der Waals surface area contributed by atoms with E-state index in [-0.39, 0.29) is 0 Å². The molecule has 0 aromatic carbocycles. The summed E-state index contributed by atoms with van der Waals surface area (Å²) >= 11 is 4.22. The SMILES string of the molecule is CCCCCC=CCC=CCCCCCCCS. The van der Waals surface area contributed by atoms with Gasteiger partial charge < -0.3 is 0 Å². The molecule has 0 atom stereocenters. The summed E-state index contributed by atoms with van der Waals surface area (Å²) in [4.78, 5) is 0. The molecule has 1 heteroatoms. The van der Waals surface area contributed by atoms with E-state index in [9.17, 15) is 0 Å². The van der Waals surface area contributed by atoms with Crippen molar-refractivity contribution < 1.29 is 0 Å². The van der Waals surface area contributed by atoms with Crippen molar-refractivity contribution in [1.82, 2.24) is 0 Å². The van der Waals surface area contributed by atoms with E-state index >= 15 is 0 Å². The van der Waals surface area contributed by atoms with Crippen LogP contribution in [0.1, 0.15) is 77.6 Å². The number of hydrogen-bond acceptors (Lipinski definition) is 1. The summed E-state index contributed by atoms with van der Waals surface area (Å²) in [7, 11) is 0. The Bertz CT molecular complexity index is 194. The highest BCUT2D eigenvalue weighted by Crippen LogP contribution is 2.06. The summed E-state index contributed by atoms with van der Waals surface area (Å²) in [6.07, 6.45) is 23.7. The summed E-state index contributed by atoms with van der Waals surface area (Å²) in [6, 6.07) is 0. The standard InChI is InChI=1S/C17H32S/c1-2-3-4-5-6-7-8-9-10-11-12-13-14-15-16-17-18/h6-7,9-10,18H,2-5,8,11-17H2,1H3. The second kappa shape index (κ2) is 16.8. The molecule has 0 aliphatic rings. The Morgan fingerprint density at radius 3 is 1.83 bits per heavy atom. The smallest absolute Gasteiger partial charge is 0.00979 e. The first-order valence-electron chi connectivity index (χ1n) is 7.82. The maximum Gasteiger partial charge on any atom is -0.00979 e. The van der Waals surface area contributed by atoms with E-state index < -0.39 is 0 Å². The molecule has 0 amide bonds. The Balaban J connectivity index is 3.13. The van der Waals surface area contributed by atoms with E-state index in [2.05, 4.69) is 43.9 Å². The van der Waals surface area contributed by atoms with Gasteiger partial charge in [0.1, 0.15) is 0 Å². The van der Waals surface area contributed by atoms with E-state index in [0.717, 1.165) is 12.2 Å². The summed E-state index contributed by atoms with van der Waals surface area (Å²) in [5.41, 5.74) is 0. The first kappa shape index (κ1) is 17.8. The molecule has 0 N–H and O–H groups in total. The van der Waals surface area contributed by atoms with Gasteiger partial charge in [0, 0.05) is 0 Å². The third-order valence-corrected chi connectivity index (χ3v) is 3.42. The minimum Gasteiger partial charge on any atom is -0.179 e. The van der Waals surface area contributed by atoms with Crippen molar-refractivity contribution in [2.75, 3.05) is 5.75 Å². The van der Waals surface area contributed by atoms with Crippen LogP contribution in [-0.4, -0.2) is 5.75 Å². The molecule has 0 aliphatic heterocycles. The molecule has 0 aromatic rings. The first-order chi connectivity index (χ1) is 8.91. The van der Waals surface area contributed by atoms with Gasteiger partial charge in [-0.3, -0.25) is 0 Å². The minimum atomic E-state index is 1.05. The molecule has 0 saturated carbocycles. The Hall–Kier alpha value is -0.170. The fourth-order valence-corrected chi connectivity index (χ4v) is 2.15. The molecule has 0 spiro atoms. The Kier molecular flexibility index (Phi) is 16.7. The monoisotopic (exact) mass is 268 g/mol. The molecule has 0 rings (SSSR count). The largest absolute Gasteiger partial charge is 0.179 e. The van der Waals surface area contributed by atoms with Gasteiger partial charge in [0.25, 0.3) is 0 Å². The van der Waals surface area contributed by atoms with Gasteiger partial charge in [0.05, 0.1) is 0 Å². The van der Waals surface area contributed by atoms with Gasteiger partial charge in [0.15, 0.2) is 0 Å². The molecule has 0 bridgehead atoms. The maximum atomic E-state index is 4.22. The molecule has 106 valence electrons. The van der Waals surface area contributed by atoms with Gasteiger partial charge in [-0.05, 0) is 44.3 Å². The highest BCUT2D eigenvalue weighted by Gasteiger charge is 1.87. The molecular formula is C17H32S. The highest BCUT2D eigenvalue weighted by atomic mass is 32.1. The second-order valence-corrected chi connectivity index (χ2v) is 5.40. The molecule has 0 fully saturated rings. The van der Waals surface area contributed by atoms with Crippen LogP contribution in [0, 0.1) is 0 Å². The Labute approximate surface area is 120 Å². The van der Waals surface area contributed by atoms with E-state index in [1.807, 2.05) is 0 Å². The number of allylic oxidation sites excluding steroid dienone is 4. The number of thiol groups is 1. The zero-order chi connectivity index (χ0) is 13.3. The molecule has 0 heterocycles. The van der Waals surface area contributed by atoms with Crippen LogP contribution in [0.5, 0.6) is 0 Å². The number of rotatable bonds is 13. The lowest BCUT2D eigenvalue weighted by atomic mass is 10.1. The summed E-state index contributed by atoms with van der Waals surface area (Å²) in [6.45, 7) is 2.25. The van der Waals surface area contributed by atoms with Crippen molar-refractivity contribution in [2.45, 2.75) is 77.6 Å². The van der Waals surface area contributed by atoms with E-state index in [1.54, 1.807) is 0 Å². The zero-order valence-corrected chi connectivity index (χ0v) is 13.1. The fourth-order valence-electron chi connectivity index (χ4n) is 1.92. The van der Waals surface area contributed by atoms with Gasteiger partial charge in [-0.2, -0.15) is 12.6 Å². The molecule has 0 unspecified atom stereocenters. The fraction of sp³-hybridized carbons (Fsp3) is 0.765. The van der Waals surface area contributed by atoms with Crippen LogP contribution in [0.15, 0.2) is 24.3 Å². The van der Waals surface area contributed by atoms with Crippen molar-refractivity contribution in [3.05, 3.63) is 24.3 Å². The molecule has 0 radical (unpaired) electrons. The lowest BCUT2D eigenvalue weighted by Crippen LogP contribution is -1.79. The predicted molar refractivity (Wildman–Crippen MR) is 88.6 cm³/mol.